The van der Waals surface area contributed by atoms with Crippen LogP contribution in [-0.4, -0.2) is 15.3 Å². The fourth-order valence-electron chi connectivity index (χ4n) is 1.03. The number of fused-ring (bicyclic) bond motifs is 1. The Kier molecular flexibility index (Phi) is 1.69. The molecule has 2 rings (SSSR count). The van der Waals surface area contributed by atoms with Gasteiger partial charge in [-0.1, -0.05) is 6.07 Å². The summed E-state index contributed by atoms with van der Waals surface area (Å²) in [6.45, 7) is 0. The molecule has 1 heterocycles. The molecule has 60 valence electrons. The van der Waals surface area contributed by atoms with Crippen LogP contribution in [0.5, 0.6) is 5.75 Å². The van der Waals surface area contributed by atoms with Crippen molar-refractivity contribution in [2.45, 2.75) is 0 Å². The van der Waals surface area contributed by atoms with E-state index in [1.165, 1.54) is 6.20 Å². The largest absolute Gasteiger partial charge is 0.506 e. The van der Waals surface area contributed by atoms with E-state index in [4.69, 9.17) is 0 Å². The molecule has 2 aromatic rings. The van der Waals surface area contributed by atoms with Crippen molar-refractivity contribution in [3.05, 3.63) is 28.9 Å². The molecule has 0 fully saturated rings. The second-order valence-electron chi connectivity index (χ2n) is 2.37. The molecule has 0 aliphatic carbocycles. The number of benzene rings is 1. The molecule has 1 N–H and O–H groups in total. The Morgan fingerprint density at radius 1 is 1.33 bits per heavy atom. The Morgan fingerprint density at radius 3 is 2.92 bits per heavy atom. The van der Waals surface area contributed by atoms with Crippen molar-refractivity contribution in [3.8, 4) is 5.75 Å². The molecule has 0 aliphatic rings. The van der Waals surface area contributed by atoms with Gasteiger partial charge >= 0.3 is 0 Å². The number of aromatic hydroxyl groups is 1. The quantitative estimate of drug-likeness (QED) is 0.746. The van der Waals surface area contributed by atoms with Crippen molar-refractivity contribution >= 4 is 26.8 Å². The molecule has 0 spiro atoms. The second kappa shape index (κ2) is 2.71. The van der Waals surface area contributed by atoms with Gasteiger partial charge in [-0.05, 0) is 28.1 Å². The predicted molar refractivity (Wildman–Crippen MR) is 48.9 cm³/mol. The average molecular weight is 225 g/mol. The summed E-state index contributed by atoms with van der Waals surface area (Å²) >= 11 is 3.32. The van der Waals surface area contributed by atoms with Crippen LogP contribution in [0.2, 0.25) is 0 Å². The first-order valence-corrected chi connectivity index (χ1v) is 4.17. The van der Waals surface area contributed by atoms with Crippen molar-refractivity contribution in [3.63, 3.8) is 0 Å². The normalized spacial score (nSPS) is 10.4. The molecule has 0 saturated heterocycles. The van der Waals surface area contributed by atoms with Gasteiger partial charge in [0.2, 0.25) is 0 Å². The first-order valence-electron chi connectivity index (χ1n) is 3.38. The fourth-order valence-corrected chi connectivity index (χ4v) is 1.48. The summed E-state index contributed by atoms with van der Waals surface area (Å²) in [5.74, 6) is 0.154. The van der Waals surface area contributed by atoms with Gasteiger partial charge in [-0.3, -0.25) is 0 Å². The van der Waals surface area contributed by atoms with Gasteiger partial charge in [0, 0.05) is 9.86 Å². The summed E-state index contributed by atoms with van der Waals surface area (Å²) in [6, 6.07) is 5.49. The van der Waals surface area contributed by atoms with Gasteiger partial charge in [0.25, 0.3) is 0 Å². The lowest BCUT2D eigenvalue weighted by Gasteiger charge is -1.98. The van der Waals surface area contributed by atoms with Crippen LogP contribution in [0, 0.1) is 0 Å². The van der Waals surface area contributed by atoms with Crippen LogP contribution >= 0.6 is 15.9 Å². The second-order valence-corrected chi connectivity index (χ2v) is 3.22. The van der Waals surface area contributed by atoms with Gasteiger partial charge in [-0.15, -0.1) is 5.10 Å². The zero-order valence-corrected chi connectivity index (χ0v) is 7.62. The number of nitrogens with zero attached hydrogens (tertiary/aromatic N) is 2. The molecule has 3 nitrogen and oxygen atoms in total. The van der Waals surface area contributed by atoms with E-state index in [9.17, 15) is 5.11 Å². The molecule has 0 radical (unpaired) electrons. The van der Waals surface area contributed by atoms with Crippen molar-refractivity contribution in [2.24, 2.45) is 0 Å². The molecule has 0 unspecified atom stereocenters. The molecule has 0 bridgehead atoms. The number of hydrogen-bond acceptors (Lipinski definition) is 3. The van der Waals surface area contributed by atoms with E-state index in [0.29, 0.717) is 10.9 Å². The number of hydrogen-bond donors (Lipinski definition) is 1. The van der Waals surface area contributed by atoms with Crippen molar-refractivity contribution < 1.29 is 5.11 Å². The summed E-state index contributed by atoms with van der Waals surface area (Å²) in [6.07, 6.45) is 1.33. The van der Waals surface area contributed by atoms with Crippen LogP contribution in [0.1, 0.15) is 0 Å². The molecular weight excluding hydrogens is 220 g/mol. The third-order valence-corrected chi connectivity index (χ3v) is 2.24. The molecule has 0 amide bonds. The summed E-state index contributed by atoms with van der Waals surface area (Å²) in [5.41, 5.74) is 0.678. The van der Waals surface area contributed by atoms with E-state index in [2.05, 4.69) is 26.1 Å². The zero-order valence-electron chi connectivity index (χ0n) is 6.03. The summed E-state index contributed by atoms with van der Waals surface area (Å²) < 4.78 is 0.836. The Morgan fingerprint density at radius 2 is 2.17 bits per heavy atom. The summed E-state index contributed by atoms with van der Waals surface area (Å²) in [4.78, 5) is 0. The van der Waals surface area contributed by atoms with Gasteiger partial charge in [0.05, 0.1) is 6.20 Å². The lowest BCUT2D eigenvalue weighted by Crippen LogP contribution is -1.83. The Hall–Kier alpha value is -1.16. The molecule has 12 heavy (non-hydrogen) atoms. The Balaban J connectivity index is 2.94. The number of rotatable bonds is 0. The Bertz CT molecular complexity index is 389. The molecule has 4 heteroatoms. The molecule has 1 aromatic heterocycles. The fraction of sp³-hybridized carbons (Fsp3) is 0. The van der Waals surface area contributed by atoms with Crippen LogP contribution in [0.3, 0.4) is 0 Å². The standard InChI is InChI=1S/C8H5BrN2O/c9-6-3-1-2-5-7(12)4-10-11-8(5)6/h1-4H,(H,11,12). The highest BCUT2D eigenvalue weighted by atomic mass is 79.9. The third-order valence-electron chi connectivity index (χ3n) is 1.60. The van der Waals surface area contributed by atoms with Crippen molar-refractivity contribution in [2.75, 3.05) is 0 Å². The predicted octanol–water partition coefficient (Wildman–Crippen LogP) is 2.10. The lowest BCUT2D eigenvalue weighted by molar-refractivity contribution is 0.478. The summed E-state index contributed by atoms with van der Waals surface area (Å²) in [7, 11) is 0. The van der Waals surface area contributed by atoms with Gasteiger partial charge in [0.15, 0.2) is 0 Å². The first-order chi connectivity index (χ1) is 5.79. The zero-order chi connectivity index (χ0) is 8.55. The minimum atomic E-state index is 0.154. The monoisotopic (exact) mass is 224 g/mol. The smallest absolute Gasteiger partial charge is 0.145 e. The van der Waals surface area contributed by atoms with E-state index in [1.54, 1.807) is 6.07 Å². The van der Waals surface area contributed by atoms with Crippen LogP contribution in [-0.2, 0) is 0 Å². The van der Waals surface area contributed by atoms with Gasteiger partial charge in [0.1, 0.15) is 11.3 Å². The van der Waals surface area contributed by atoms with Gasteiger partial charge < -0.3 is 5.11 Å². The van der Waals surface area contributed by atoms with E-state index >= 15 is 0 Å². The van der Waals surface area contributed by atoms with Crippen molar-refractivity contribution in [1.82, 2.24) is 10.2 Å². The van der Waals surface area contributed by atoms with Gasteiger partial charge in [-0.25, -0.2) is 0 Å². The Labute approximate surface area is 77.2 Å². The molecule has 1 aromatic carbocycles. The van der Waals surface area contributed by atoms with Crippen molar-refractivity contribution in [1.29, 1.82) is 0 Å². The van der Waals surface area contributed by atoms with Crippen LogP contribution < -0.4 is 0 Å². The molecule has 0 aliphatic heterocycles. The highest BCUT2D eigenvalue weighted by Gasteiger charge is 2.02. The van der Waals surface area contributed by atoms with Crippen LogP contribution in [0.15, 0.2) is 28.9 Å². The molecule has 0 saturated carbocycles. The number of halogens is 1. The maximum atomic E-state index is 9.37. The minimum absolute atomic E-state index is 0.154. The summed E-state index contributed by atoms with van der Waals surface area (Å²) in [5, 5.41) is 17.6. The molecule has 0 atom stereocenters. The van der Waals surface area contributed by atoms with E-state index < -0.39 is 0 Å². The SMILES string of the molecule is Oc1cnnc2c(Br)cccc12. The van der Waals surface area contributed by atoms with E-state index in [-0.39, 0.29) is 5.75 Å². The highest BCUT2D eigenvalue weighted by molar-refractivity contribution is 9.10. The van der Waals surface area contributed by atoms with E-state index in [0.717, 1.165) is 4.47 Å². The highest BCUT2D eigenvalue weighted by Crippen LogP contribution is 2.26. The molecular formula is C8H5BrN2O. The van der Waals surface area contributed by atoms with Gasteiger partial charge in [-0.2, -0.15) is 5.10 Å². The lowest BCUT2D eigenvalue weighted by atomic mass is 10.2. The third kappa shape index (κ3) is 1.04. The van der Waals surface area contributed by atoms with E-state index in [1.807, 2.05) is 12.1 Å². The average Bonchev–Trinajstić information content (AvgIpc) is 2.07. The maximum Gasteiger partial charge on any atom is 0.145 e. The number of aromatic nitrogens is 2. The van der Waals surface area contributed by atoms with Crippen LogP contribution in [0.4, 0.5) is 0 Å². The maximum absolute atomic E-state index is 9.37. The van der Waals surface area contributed by atoms with Crippen LogP contribution in [0.25, 0.3) is 10.9 Å². The first kappa shape index (κ1) is 7.49. The topological polar surface area (TPSA) is 46.0 Å². The minimum Gasteiger partial charge on any atom is -0.506 e.